The van der Waals surface area contributed by atoms with Gasteiger partial charge in [0, 0.05) is 19.4 Å². The molecule has 9 nitrogen and oxygen atoms in total. The second kappa shape index (κ2) is 7.67. The molecule has 2 aliphatic rings. The minimum atomic E-state index is -1.72. The Labute approximate surface area is 146 Å². The molecule has 0 aromatic carbocycles. The average molecular weight is 361 g/mol. The summed E-state index contributed by atoms with van der Waals surface area (Å²) in [5.74, 6) is -2.46. The van der Waals surface area contributed by atoms with Gasteiger partial charge in [0.15, 0.2) is 12.3 Å². The zero-order chi connectivity index (χ0) is 18.9. The number of hydrogen-bond donors (Lipinski definition) is 5. The highest BCUT2D eigenvalue weighted by Crippen LogP contribution is 2.38. The van der Waals surface area contributed by atoms with Crippen molar-refractivity contribution in [3.05, 3.63) is 12.2 Å². The van der Waals surface area contributed by atoms with Gasteiger partial charge in [-0.25, -0.2) is 0 Å². The van der Waals surface area contributed by atoms with Gasteiger partial charge in [-0.1, -0.05) is 19.1 Å². The summed E-state index contributed by atoms with van der Waals surface area (Å²) < 4.78 is 16.2. The third kappa shape index (κ3) is 3.87. The van der Waals surface area contributed by atoms with E-state index in [2.05, 4.69) is 11.9 Å². The molecule has 2 rings (SSSR count). The Bertz CT molecular complexity index is 514. The summed E-state index contributed by atoms with van der Waals surface area (Å²) in [6, 6.07) is 0. The largest absolute Gasteiger partial charge is 0.388 e. The number of methoxy groups -OCH3 is 1. The topological polar surface area (TPSA) is 138 Å². The lowest BCUT2D eigenvalue weighted by Gasteiger charge is -2.45. The first kappa shape index (κ1) is 20.2. The molecule has 0 aromatic rings. The second-order valence-electron chi connectivity index (χ2n) is 6.68. The van der Waals surface area contributed by atoms with Crippen molar-refractivity contribution in [2.75, 3.05) is 13.7 Å². The van der Waals surface area contributed by atoms with Crippen molar-refractivity contribution in [3.8, 4) is 0 Å². The fourth-order valence-electron chi connectivity index (χ4n) is 3.01. The van der Waals surface area contributed by atoms with Crippen LogP contribution in [0.1, 0.15) is 20.3 Å². The fraction of sp³-hybridized carbons (Fsp3) is 0.812. The molecule has 0 spiro atoms. The van der Waals surface area contributed by atoms with Gasteiger partial charge in [-0.3, -0.25) is 4.79 Å². The summed E-state index contributed by atoms with van der Waals surface area (Å²) in [6.07, 6.45) is -7.47. The Kier molecular flexibility index (Phi) is 6.21. The van der Waals surface area contributed by atoms with Crippen LogP contribution >= 0.6 is 0 Å². The number of aliphatic hydroxyl groups excluding tert-OH is 4. The van der Waals surface area contributed by atoms with Gasteiger partial charge in [0.2, 0.25) is 5.79 Å². The van der Waals surface area contributed by atoms with E-state index in [1.165, 1.54) is 7.11 Å². The maximum absolute atomic E-state index is 12.4. The first-order valence-electron chi connectivity index (χ1n) is 8.18. The molecule has 2 heterocycles. The van der Waals surface area contributed by atoms with E-state index < -0.39 is 42.3 Å². The van der Waals surface area contributed by atoms with Crippen LogP contribution in [0.4, 0.5) is 0 Å². The molecule has 5 N–H and O–H groups in total. The quantitative estimate of drug-likeness (QED) is 0.372. The van der Waals surface area contributed by atoms with Crippen LogP contribution in [0.3, 0.4) is 0 Å². The van der Waals surface area contributed by atoms with Gasteiger partial charge in [-0.2, -0.15) is 0 Å². The highest BCUT2D eigenvalue weighted by molar-refractivity contribution is 5.82. The molecule has 2 aliphatic heterocycles. The normalized spacial score (nSPS) is 43.6. The molecule has 0 aromatic heterocycles. The number of carbonyl (C=O) groups is 1. The van der Waals surface area contributed by atoms with Crippen LogP contribution in [-0.4, -0.2) is 82.6 Å². The summed E-state index contributed by atoms with van der Waals surface area (Å²) in [5.41, 5.74) is 0.778. The first-order valence-corrected chi connectivity index (χ1v) is 8.18. The van der Waals surface area contributed by atoms with E-state index in [0.717, 1.165) is 5.57 Å². The van der Waals surface area contributed by atoms with Crippen LogP contribution < -0.4 is 5.32 Å². The van der Waals surface area contributed by atoms with Crippen molar-refractivity contribution in [2.24, 2.45) is 5.92 Å². The minimum absolute atomic E-state index is 0.0404. The van der Waals surface area contributed by atoms with E-state index in [4.69, 9.17) is 14.2 Å². The molecular weight excluding hydrogens is 334 g/mol. The molecule has 8 atom stereocenters. The number of carbonyl (C=O) groups excluding carboxylic acids is 1. The molecule has 2 fully saturated rings. The van der Waals surface area contributed by atoms with Gasteiger partial charge >= 0.3 is 0 Å². The molecule has 0 aliphatic carbocycles. The number of nitrogens with one attached hydrogen (secondary N) is 1. The zero-order valence-electron chi connectivity index (χ0n) is 14.6. The predicted molar refractivity (Wildman–Crippen MR) is 85.1 cm³/mol. The zero-order valence-corrected chi connectivity index (χ0v) is 14.6. The Morgan fingerprint density at radius 2 is 2.00 bits per heavy atom. The van der Waals surface area contributed by atoms with Crippen LogP contribution in [-0.2, 0) is 19.0 Å². The van der Waals surface area contributed by atoms with Crippen LogP contribution in [0.2, 0.25) is 0 Å². The van der Waals surface area contributed by atoms with E-state index in [-0.39, 0.29) is 25.0 Å². The maximum Gasteiger partial charge on any atom is 0.256 e. The van der Waals surface area contributed by atoms with Gasteiger partial charge < -0.3 is 40.0 Å². The predicted octanol–water partition coefficient (Wildman–Crippen LogP) is -1.75. The molecule has 0 bridgehead atoms. The molecule has 0 radical (unpaired) electrons. The third-order valence-corrected chi connectivity index (χ3v) is 5.00. The van der Waals surface area contributed by atoms with Crippen molar-refractivity contribution in [1.29, 1.82) is 0 Å². The lowest BCUT2D eigenvalue weighted by Crippen LogP contribution is -2.63. The van der Waals surface area contributed by atoms with Crippen molar-refractivity contribution in [3.63, 3.8) is 0 Å². The smallest absolute Gasteiger partial charge is 0.256 e. The fourth-order valence-corrected chi connectivity index (χ4v) is 3.01. The molecule has 1 amide bonds. The molecule has 25 heavy (non-hydrogen) atoms. The molecule has 0 saturated carbocycles. The summed E-state index contributed by atoms with van der Waals surface area (Å²) >= 11 is 0. The van der Waals surface area contributed by atoms with E-state index >= 15 is 0 Å². The summed E-state index contributed by atoms with van der Waals surface area (Å²) in [4.78, 5) is 12.4. The number of amides is 1. The van der Waals surface area contributed by atoms with E-state index in [1.807, 2.05) is 6.92 Å². The Hall–Kier alpha value is -1.07. The number of ether oxygens (including phenoxy) is 3. The Balaban J connectivity index is 2.09. The lowest BCUT2D eigenvalue weighted by atomic mass is 9.85. The average Bonchev–Trinajstić information content (AvgIpc) is 2.58. The van der Waals surface area contributed by atoms with E-state index in [1.54, 1.807) is 6.92 Å². The Morgan fingerprint density at radius 3 is 2.56 bits per heavy atom. The van der Waals surface area contributed by atoms with Crippen molar-refractivity contribution < 1.29 is 39.4 Å². The number of aliphatic hydroxyl groups is 4. The SMILES string of the molecule is C=C1C[C@](OC)([C@H](O)C(=O)N[C@@H]2OC[C@@H](O)[C@H](O)[C@H]2O)O[C@H](C)[C@@H]1C. The third-order valence-electron chi connectivity index (χ3n) is 5.00. The standard InChI is InChI=1S/C16H27NO8/c1-7-5-16(23-4,25-9(3)8(7)2)13(21)14(22)17-15-12(20)11(19)10(18)6-24-15/h8-13,15,18-21H,1,5-6H2,2-4H3,(H,17,22)/t8-,9-,10-,11+,12-,13-,15-,16-/m1/s1. The lowest BCUT2D eigenvalue weighted by molar-refractivity contribution is -0.298. The first-order chi connectivity index (χ1) is 11.6. The molecule has 0 unspecified atom stereocenters. The molecule has 144 valence electrons. The van der Waals surface area contributed by atoms with Crippen LogP contribution in [0.15, 0.2) is 12.2 Å². The van der Waals surface area contributed by atoms with E-state index in [0.29, 0.717) is 0 Å². The number of hydrogen-bond acceptors (Lipinski definition) is 8. The monoisotopic (exact) mass is 361 g/mol. The minimum Gasteiger partial charge on any atom is -0.388 e. The highest BCUT2D eigenvalue weighted by atomic mass is 16.7. The van der Waals surface area contributed by atoms with Crippen LogP contribution in [0.25, 0.3) is 0 Å². The van der Waals surface area contributed by atoms with E-state index in [9.17, 15) is 25.2 Å². The van der Waals surface area contributed by atoms with Gasteiger partial charge in [-0.05, 0) is 6.92 Å². The van der Waals surface area contributed by atoms with Gasteiger partial charge in [-0.15, -0.1) is 0 Å². The Morgan fingerprint density at radius 1 is 1.36 bits per heavy atom. The molecule has 9 heteroatoms. The van der Waals surface area contributed by atoms with Crippen LogP contribution in [0, 0.1) is 5.92 Å². The van der Waals surface area contributed by atoms with Crippen LogP contribution in [0.5, 0.6) is 0 Å². The summed E-state index contributed by atoms with van der Waals surface area (Å²) in [6.45, 7) is 7.40. The van der Waals surface area contributed by atoms with Gasteiger partial charge in [0.25, 0.3) is 5.91 Å². The molecule has 2 saturated heterocycles. The second-order valence-corrected chi connectivity index (χ2v) is 6.68. The van der Waals surface area contributed by atoms with Crippen molar-refractivity contribution in [2.45, 2.75) is 62.8 Å². The number of rotatable bonds is 4. The summed E-state index contributed by atoms with van der Waals surface area (Å²) in [5, 5.41) is 41.8. The summed E-state index contributed by atoms with van der Waals surface area (Å²) in [7, 11) is 1.32. The molecular formula is C16H27NO8. The van der Waals surface area contributed by atoms with Gasteiger partial charge in [0.1, 0.15) is 18.3 Å². The van der Waals surface area contributed by atoms with Crippen molar-refractivity contribution in [1.82, 2.24) is 5.32 Å². The van der Waals surface area contributed by atoms with Crippen molar-refractivity contribution >= 4 is 5.91 Å². The maximum atomic E-state index is 12.4. The van der Waals surface area contributed by atoms with Gasteiger partial charge in [0.05, 0.1) is 12.7 Å². The highest BCUT2D eigenvalue weighted by Gasteiger charge is 2.50.